The molecular formula is C17H11F2NO4. The van der Waals surface area contributed by atoms with E-state index in [4.69, 9.17) is 5.11 Å². The SMILES string of the molecule is O=C(O)c1ccc2c(c1)C(=O)CC(=O)N2Cc1ccc(F)c(F)c1. The molecule has 7 heteroatoms. The van der Waals surface area contributed by atoms with E-state index in [1.807, 2.05) is 0 Å². The van der Waals surface area contributed by atoms with Crippen LogP contribution < -0.4 is 4.90 Å². The summed E-state index contributed by atoms with van der Waals surface area (Å²) < 4.78 is 26.3. The van der Waals surface area contributed by atoms with Gasteiger partial charge in [0, 0.05) is 5.56 Å². The lowest BCUT2D eigenvalue weighted by atomic mass is 9.97. The molecule has 0 aromatic heterocycles. The van der Waals surface area contributed by atoms with Gasteiger partial charge in [0.2, 0.25) is 5.91 Å². The lowest BCUT2D eigenvalue weighted by Crippen LogP contribution is -2.37. The van der Waals surface area contributed by atoms with Gasteiger partial charge in [-0.2, -0.15) is 0 Å². The second kappa shape index (κ2) is 5.84. The average molecular weight is 331 g/mol. The van der Waals surface area contributed by atoms with Crippen LogP contribution in [0.25, 0.3) is 0 Å². The van der Waals surface area contributed by atoms with Gasteiger partial charge in [-0.15, -0.1) is 0 Å². The first kappa shape index (κ1) is 15.8. The van der Waals surface area contributed by atoms with Gasteiger partial charge < -0.3 is 10.0 Å². The molecular weight excluding hydrogens is 320 g/mol. The molecule has 0 atom stereocenters. The zero-order valence-corrected chi connectivity index (χ0v) is 12.3. The fourth-order valence-corrected chi connectivity index (χ4v) is 2.58. The summed E-state index contributed by atoms with van der Waals surface area (Å²) in [5.74, 6) is -4.17. The van der Waals surface area contributed by atoms with E-state index in [2.05, 4.69) is 0 Å². The van der Waals surface area contributed by atoms with Crippen LogP contribution in [0.4, 0.5) is 14.5 Å². The number of ketones is 1. The Bertz CT molecular complexity index is 879. The molecule has 0 spiro atoms. The number of carbonyl (C=O) groups excluding carboxylic acids is 2. The summed E-state index contributed by atoms with van der Waals surface area (Å²) in [5.41, 5.74) is 0.664. The van der Waals surface area contributed by atoms with E-state index in [1.54, 1.807) is 0 Å². The maximum absolute atomic E-state index is 13.3. The van der Waals surface area contributed by atoms with Gasteiger partial charge in [-0.25, -0.2) is 13.6 Å². The van der Waals surface area contributed by atoms with Crippen molar-refractivity contribution in [1.82, 2.24) is 0 Å². The van der Waals surface area contributed by atoms with E-state index in [1.165, 1.54) is 29.2 Å². The third-order valence-corrected chi connectivity index (χ3v) is 3.77. The Morgan fingerprint density at radius 2 is 1.83 bits per heavy atom. The Labute approximate surface area is 135 Å². The molecule has 1 amide bonds. The largest absolute Gasteiger partial charge is 0.478 e. The highest BCUT2D eigenvalue weighted by Gasteiger charge is 2.30. The number of benzene rings is 2. The number of aromatic carboxylic acids is 1. The topological polar surface area (TPSA) is 74.7 Å². The molecule has 5 nitrogen and oxygen atoms in total. The number of nitrogens with zero attached hydrogens (tertiary/aromatic N) is 1. The molecule has 0 saturated heterocycles. The highest BCUT2D eigenvalue weighted by Crippen LogP contribution is 2.30. The van der Waals surface area contributed by atoms with Gasteiger partial charge in [0.25, 0.3) is 0 Å². The zero-order valence-electron chi connectivity index (χ0n) is 12.3. The standard InChI is InChI=1S/C17H11F2NO4/c18-12-3-1-9(5-13(12)19)8-20-14-4-2-10(17(23)24)6-11(14)15(21)7-16(20)22/h1-6H,7-8H2,(H,23,24). The Morgan fingerprint density at radius 3 is 2.50 bits per heavy atom. The van der Waals surface area contributed by atoms with Crippen molar-refractivity contribution in [3.63, 3.8) is 0 Å². The summed E-state index contributed by atoms with van der Waals surface area (Å²) in [7, 11) is 0. The molecule has 122 valence electrons. The molecule has 1 aliphatic rings. The molecule has 0 radical (unpaired) electrons. The van der Waals surface area contributed by atoms with E-state index in [0.29, 0.717) is 5.56 Å². The highest BCUT2D eigenvalue weighted by molar-refractivity contribution is 6.20. The number of carboxylic acids is 1. The van der Waals surface area contributed by atoms with Crippen LogP contribution in [0, 0.1) is 11.6 Å². The molecule has 1 N–H and O–H groups in total. The van der Waals surface area contributed by atoms with Gasteiger partial charge in [0.05, 0.1) is 24.2 Å². The Balaban J connectivity index is 2.01. The van der Waals surface area contributed by atoms with Crippen molar-refractivity contribution in [3.8, 4) is 0 Å². The molecule has 3 rings (SSSR count). The fourth-order valence-electron chi connectivity index (χ4n) is 2.58. The van der Waals surface area contributed by atoms with Crippen molar-refractivity contribution in [2.24, 2.45) is 0 Å². The predicted molar refractivity (Wildman–Crippen MR) is 79.9 cm³/mol. The maximum Gasteiger partial charge on any atom is 0.335 e. The molecule has 2 aromatic carbocycles. The number of carbonyl (C=O) groups is 3. The minimum atomic E-state index is -1.19. The fraction of sp³-hybridized carbons (Fsp3) is 0.118. The van der Waals surface area contributed by atoms with Crippen LogP contribution in [-0.2, 0) is 11.3 Å². The van der Waals surface area contributed by atoms with Crippen molar-refractivity contribution in [1.29, 1.82) is 0 Å². The normalized spacial score (nSPS) is 13.8. The van der Waals surface area contributed by atoms with Gasteiger partial charge in [0.1, 0.15) is 0 Å². The first-order valence-corrected chi connectivity index (χ1v) is 7.01. The van der Waals surface area contributed by atoms with Crippen molar-refractivity contribution in [3.05, 3.63) is 64.7 Å². The Hall–Kier alpha value is -3.09. The summed E-state index contributed by atoms with van der Waals surface area (Å²) in [6.07, 6.45) is -0.403. The highest BCUT2D eigenvalue weighted by atomic mass is 19.2. The molecule has 24 heavy (non-hydrogen) atoms. The van der Waals surface area contributed by atoms with Gasteiger partial charge in [-0.05, 0) is 35.9 Å². The van der Waals surface area contributed by atoms with Crippen LogP contribution in [0.5, 0.6) is 0 Å². The van der Waals surface area contributed by atoms with Crippen LogP contribution in [0.2, 0.25) is 0 Å². The second-order valence-electron chi connectivity index (χ2n) is 5.37. The first-order chi connectivity index (χ1) is 11.4. The number of carboxylic acid groups (broad SMARTS) is 1. The van der Waals surface area contributed by atoms with Gasteiger partial charge >= 0.3 is 5.97 Å². The van der Waals surface area contributed by atoms with Crippen LogP contribution in [-0.4, -0.2) is 22.8 Å². The number of hydrogen-bond donors (Lipinski definition) is 1. The molecule has 0 aliphatic carbocycles. The average Bonchev–Trinajstić information content (AvgIpc) is 2.54. The monoisotopic (exact) mass is 331 g/mol. The van der Waals surface area contributed by atoms with E-state index >= 15 is 0 Å². The van der Waals surface area contributed by atoms with Crippen molar-refractivity contribution >= 4 is 23.3 Å². The number of Topliss-reactive ketones (excluding diaryl/α,β-unsaturated/α-hetero) is 1. The number of hydrogen-bond acceptors (Lipinski definition) is 3. The molecule has 0 fully saturated rings. The van der Waals surface area contributed by atoms with Crippen LogP contribution >= 0.6 is 0 Å². The molecule has 0 saturated carbocycles. The molecule has 0 bridgehead atoms. The molecule has 1 heterocycles. The smallest absolute Gasteiger partial charge is 0.335 e. The third-order valence-electron chi connectivity index (χ3n) is 3.77. The predicted octanol–water partition coefficient (Wildman–Crippen LogP) is 2.78. The number of fused-ring (bicyclic) bond motifs is 1. The van der Waals surface area contributed by atoms with E-state index in [0.717, 1.165) is 12.1 Å². The van der Waals surface area contributed by atoms with Crippen LogP contribution in [0.15, 0.2) is 36.4 Å². The van der Waals surface area contributed by atoms with Crippen molar-refractivity contribution in [2.45, 2.75) is 13.0 Å². The number of rotatable bonds is 3. The summed E-state index contributed by atoms with van der Waals surface area (Å²) in [4.78, 5) is 36.5. The molecule has 1 aliphatic heterocycles. The summed E-state index contributed by atoms with van der Waals surface area (Å²) in [6, 6.07) is 7.14. The lowest BCUT2D eigenvalue weighted by molar-refractivity contribution is -0.118. The minimum absolute atomic E-state index is 0.0528. The van der Waals surface area contributed by atoms with E-state index < -0.39 is 35.7 Å². The number of halogens is 2. The second-order valence-corrected chi connectivity index (χ2v) is 5.37. The summed E-state index contributed by atoms with van der Waals surface area (Å²) in [6.45, 7) is -0.0528. The maximum atomic E-state index is 13.3. The van der Waals surface area contributed by atoms with Crippen molar-refractivity contribution < 1.29 is 28.3 Å². The molecule has 2 aromatic rings. The minimum Gasteiger partial charge on any atom is -0.478 e. The first-order valence-electron chi connectivity index (χ1n) is 7.01. The van der Waals surface area contributed by atoms with Gasteiger partial charge in [-0.1, -0.05) is 6.07 Å². The Morgan fingerprint density at radius 1 is 1.08 bits per heavy atom. The van der Waals surface area contributed by atoms with Gasteiger partial charge in [-0.3, -0.25) is 9.59 Å². The molecule has 0 unspecified atom stereocenters. The van der Waals surface area contributed by atoms with Crippen LogP contribution in [0.1, 0.15) is 32.7 Å². The Kier molecular flexibility index (Phi) is 3.84. The van der Waals surface area contributed by atoms with E-state index in [-0.39, 0.29) is 23.4 Å². The van der Waals surface area contributed by atoms with Gasteiger partial charge in [0.15, 0.2) is 17.4 Å². The zero-order chi connectivity index (χ0) is 17.4. The quantitative estimate of drug-likeness (QED) is 0.878. The lowest BCUT2D eigenvalue weighted by Gasteiger charge is -2.29. The third kappa shape index (κ3) is 2.76. The summed E-state index contributed by atoms with van der Waals surface area (Å²) >= 11 is 0. The van der Waals surface area contributed by atoms with Crippen molar-refractivity contribution in [2.75, 3.05) is 4.90 Å². The van der Waals surface area contributed by atoms with E-state index in [9.17, 15) is 23.2 Å². The number of anilines is 1. The van der Waals surface area contributed by atoms with Crippen LogP contribution in [0.3, 0.4) is 0 Å². The summed E-state index contributed by atoms with van der Waals surface area (Å²) in [5, 5.41) is 9.01. The number of amides is 1.